The predicted molar refractivity (Wildman–Crippen MR) is 110 cm³/mol. The molecule has 0 aliphatic carbocycles. The van der Waals surface area contributed by atoms with Gasteiger partial charge in [0, 0.05) is 35.3 Å². The Kier molecular flexibility index (Phi) is 5.79. The first kappa shape index (κ1) is 20.1. The summed E-state index contributed by atoms with van der Waals surface area (Å²) < 4.78 is 43.0. The second kappa shape index (κ2) is 7.77. The van der Waals surface area contributed by atoms with Crippen molar-refractivity contribution in [1.82, 2.24) is 5.32 Å². The maximum atomic E-state index is 14.3. The molecule has 0 spiro atoms. The first-order valence-corrected chi connectivity index (χ1v) is 11.0. The first-order valence-electron chi connectivity index (χ1n) is 8.75. The number of halogens is 2. The molecule has 0 radical (unpaired) electrons. The Balaban J connectivity index is 1.90. The van der Waals surface area contributed by atoms with E-state index in [-0.39, 0.29) is 10.6 Å². The van der Waals surface area contributed by atoms with E-state index in [1.165, 1.54) is 12.1 Å². The average molecular weight is 456 g/mol. The van der Waals surface area contributed by atoms with Gasteiger partial charge in [0.1, 0.15) is 5.82 Å². The Bertz CT molecular complexity index is 942. The number of benzene rings is 2. The lowest BCUT2D eigenvalue weighted by molar-refractivity contribution is 0.407. The summed E-state index contributed by atoms with van der Waals surface area (Å²) >= 11 is 3.32. The van der Waals surface area contributed by atoms with Crippen LogP contribution in [0.25, 0.3) is 0 Å². The minimum Gasteiger partial charge on any atom is -0.368 e. The van der Waals surface area contributed by atoms with Gasteiger partial charge in [0.2, 0.25) is 0 Å². The van der Waals surface area contributed by atoms with Crippen molar-refractivity contribution in [2.75, 3.05) is 22.7 Å². The molecular weight excluding hydrogens is 433 g/mol. The number of hydrogen-bond donors (Lipinski definition) is 2. The van der Waals surface area contributed by atoms with Gasteiger partial charge in [-0.25, -0.2) is 12.8 Å². The molecule has 5 nitrogen and oxygen atoms in total. The van der Waals surface area contributed by atoms with Crippen LogP contribution in [-0.2, 0) is 10.0 Å². The van der Waals surface area contributed by atoms with Gasteiger partial charge in [-0.05, 0) is 62.7 Å². The van der Waals surface area contributed by atoms with Crippen molar-refractivity contribution in [2.24, 2.45) is 0 Å². The summed E-state index contributed by atoms with van der Waals surface area (Å²) in [6.07, 6.45) is 0. The van der Waals surface area contributed by atoms with Gasteiger partial charge >= 0.3 is 0 Å². The van der Waals surface area contributed by atoms with Crippen LogP contribution < -0.4 is 14.9 Å². The Morgan fingerprint density at radius 3 is 2.44 bits per heavy atom. The third-order valence-electron chi connectivity index (χ3n) is 4.54. The second-order valence-corrected chi connectivity index (χ2v) is 9.62. The fourth-order valence-corrected chi connectivity index (χ4v) is 5.20. The summed E-state index contributed by atoms with van der Waals surface area (Å²) in [5.74, 6) is -0.603. The van der Waals surface area contributed by atoms with E-state index in [1.807, 2.05) is 0 Å². The molecule has 8 heteroatoms. The molecule has 1 saturated heterocycles. The third-order valence-corrected chi connectivity index (χ3v) is 6.56. The van der Waals surface area contributed by atoms with E-state index in [9.17, 15) is 12.8 Å². The first-order chi connectivity index (χ1) is 12.7. The van der Waals surface area contributed by atoms with Crippen molar-refractivity contribution in [3.8, 4) is 0 Å². The molecule has 2 aromatic carbocycles. The zero-order chi connectivity index (χ0) is 19.8. The Hall–Kier alpha value is -1.64. The zero-order valence-corrected chi connectivity index (χ0v) is 17.9. The predicted octanol–water partition coefficient (Wildman–Crippen LogP) is 3.88. The highest BCUT2D eigenvalue weighted by atomic mass is 79.9. The summed E-state index contributed by atoms with van der Waals surface area (Å²) in [6.45, 7) is 7.43. The van der Waals surface area contributed by atoms with Gasteiger partial charge in [0.15, 0.2) is 0 Å². The molecule has 1 aliphatic heterocycles. The van der Waals surface area contributed by atoms with E-state index < -0.39 is 15.8 Å². The number of hydrogen-bond acceptors (Lipinski definition) is 4. The highest BCUT2D eigenvalue weighted by molar-refractivity contribution is 9.10. The fourth-order valence-electron chi connectivity index (χ4n) is 3.44. The van der Waals surface area contributed by atoms with E-state index in [2.05, 4.69) is 44.7 Å². The highest BCUT2D eigenvalue weighted by Gasteiger charge is 2.23. The number of sulfonamides is 1. The number of anilines is 2. The normalized spacial score (nSPS) is 20.6. The molecule has 1 fully saturated rings. The summed E-state index contributed by atoms with van der Waals surface area (Å²) in [5.41, 5.74) is 1.33. The molecule has 0 bridgehead atoms. The second-order valence-electron chi connectivity index (χ2n) is 7.05. The van der Waals surface area contributed by atoms with Crippen LogP contribution in [0.3, 0.4) is 0 Å². The smallest absolute Gasteiger partial charge is 0.262 e. The molecule has 2 atom stereocenters. The Morgan fingerprint density at radius 2 is 1.81 bits per heavy atom. The average Bonchev–Trinajstić information content (AvgIpc) is 2.55. The lowest BCUT2D eigenvalue weighted by Gasteiger charge is -2.37. The maximum absolute atomic E-state index is 14.3. The Labute approximate surface area is 168 Å². The summed E-state index contributed by atoms with van der Waals surface area (Å²) in [4.78, 5) is 2.26. The lowest BCUT2D eigenvalue weighted by Crippen LogP contribution is -2.54. The molecule has 0 saturated carbocycles. The molecule has 3 rings (SSSR count). The van der Waals surface area contributed by atoms with E-state index >= 15 is 0 Å². The van der Waals surface area contributed by atoms with Crippen LogP contribution in [0.5, 0.6) is 0 Å². The molecule has 0 aromatic heterocycles. The van der Waals surface area contributed by atoms with Crippen LogP contribution in [0, 0.1) is 12.7 Å². The van der Waals surface area contributed by atoms with Gasteiger partial charge in [0.05, 0.1) is 10.6 Å². The van der Waals surface area contributed by atoms with E-state index in [4.69, 9.17) is 0 Å². The summed E-state index contributed by atoms with van der Waals surface area (Å²) in [7, 11) is -3.89. The molecule has 1 aliphatic rings. The van der Waals surface area contributed by atoms with Crippen LogP contribution in [0.2, 0.25) is 0 Å². The number of aryl methyl sites for hydroxylation is 1. The zero-order valence-electron chi connectivity index (χ0n) is 15.5. The molecule has 1 heterocycles. The summed E-state index contributed by atoms with van der Waals surface area (Å²) in [5, 5.41) is 3.44. The van der Waals surface area contributed by atoms with Crippen molar-refractivity contribution in [3.63, 3.8) is 0 Å². The highest BCUT2D eigenvalue weighted by Crippen LogP contribution is 2.28. The van der Waals surface area contributed by atoms with Crippen LogP contribution >= 0.6 is 15.9 Å². The van der Waals surface area contributed by atoms with Crippen LogP contribution in [0.15, 0.2) is 45.8 Å². The van der Waals surface area contributed by atoms with E-state index in [0.717, 1.165) is 23.2 Å². The quantitative estimate of drug-likeness (QED) is 0.733. The van der Waals surface area contributed by atoms with E-state index in [1.54, 1.807) is 31.2 Å². The largest absolute Gasteiger partial charge is 0.368 e. The minimum absolute atomic E-state index is 0.0475. The molecule has 2 aromatic rings. The number of rotatable bonds is 4. The molecule has 0 amide bonds. The van der Waals surface area contributed by atoms with Gasteiger partial charge in [-0.3, -0.25) is 4.72 Å². The van der Waals surface area contributed by atoms with Gasteiger partial charge < -0.3 is 10.2 Å². The molecular formula is C19H23BrFN3O2S. The monoisotopic (exact) mass is 455 g/mol. The SMILES string of the molecule is Cc1cc(Br)ccc1S(=O)(=O)Nc1cc(N2C[C@@H](C)N[C@@H](C)C2)ccc1F. The van der Waals surface area contributed by atoms with Gasteiger partial charge in [-0.15, -0.1) is 0 Å². The molecule has 0 unspecified atom stereocenters. The van der Waals surface area contributed by atoms with E-state index in [0.29, 0.717) is 17.6 Å². The Morgan fingerprint density at radius 1 is 1.15 bits per heavy atom. The minimum atomic E-state index is -3.89. The fraction of sp³-hybridized carbons (Fsp3) is 0.368. The van der Waals surface area contributed by atoms with Gasteiger partial charge in [0.25, 0.3) is 10.0 Å². The number of nitrogens with one attached hydrogen (secondary N) is 2. The summed E-state index contributed by atoms with van der Waals surface area (Å²) in [6, 6.07) is 10.0. The lowest BCUT2D eigenvalue weighted by atomic mass is 10.1. The molecule has 27 heavy (non-hydrogen) atoms. The molecule has 2 N–H and O–H groups in total. The van der Waals surface area contributed by atoms with Crippen molar-refractivity contribution < 1.29 is 12.8 Å². The maximum Gasteiger partial charge on any atom is 0.262 e. The number of nitrogens with zero attached hydrogens (tertiary/aromatic N) is 1. The van der Waals surface area contributed by atoms with Crippen LogP contribution in [-0.4, -0.2) is 33.6 Å². The van der Waals surface area contributed by atoms with Crippen molar-refractivity contribution in [2.45, 2.75) is 37.8 Å². The molecule has 146 valence electrons. The third kappa shape index (κ3) is 4.62. The van der Waals surface area contributed by atoms with Crippen molar-refractivity contribution in [1.29, 1.82) is 0 Å². The standard InChI is InChI=1S/C19H23BrFN3O2S/c1-12-8-15(20)4-7-19(12)27(25,26)23-18-9-16(5-6-17(18)21)24-10-13(2)22-14(3)11-24/h4-9,13-14,22-23H,10-11H2,1-3H3/t13-,14+. The van der Waals surface area contributed by atoms with Crippen LogP contribution in [0.4, 0.5) is 15.8 Å². The topological polar surface area (TPSA) is 61.4 Å². The van der Waals surface area contributed by atoms with Gasteiger partial charge in [-0.2, -0.15) is 0 Å². The van der Waals surface area contributed by atoms with Crippen molar-refractivity contribution >= 4 is 37.3 Å². The van der Waals surface area contributed by atoms with Gasteiger partial charge in [-0.1, -0.05) is 15.9 Å². The van der Waals surface area contributed by atoms with Crippen LogP contribution in [0.1, 0.15) is 19.4 Å². The number of piperazine rings is 1. The van der Waals surface area contributed by atoms with Crippen molar-refractivity contribution in [3.05, 3.63) is 52.3 Å².